The van der Waals surface area contributed by atoms with E-state index in [0.29, 0.717) is 5.56 Å². The lowest BCUT2D eigenvalue weighted by atomic mass is 10.1. The Morgan fingerprint density at radius 2 is 1.61 bits per heavy atom. The number of nitrogens with two attached hydrogens (primary N) is 1. The zero-order valence-electron chi connectivity index (χ0n) is 12.9. The molecule has 0 saturated carbocycles. The number of carbonyl (C=O) groups excluding carboxylic acids is 1. The van der Waals surface area contributed by atoms with Crippen LogP contribution in [0.15, 0.2) is 36.4 Å². The zero-order valence-corrected chi connectivity index (χ0v) is 14.4. The first-order valence-electron chi connectivity index (χ1n) is 7.68. The highest BCUT2D eigenvalue weighted by atomic mass is 35.5. The summed E-state index contributed by atoms with van der Waals surface area (Å²) < 4.78 is 0.859. The van der Waals surface area contributed by atoms with Gasteiger partial charge in [0.25, 0.3) is 0 Å². The molecule has 0 unspecified atom stereocenters. The number of piperazine rings is 1. The van der Waals surface area contributed by atoms with Crippen LogP contribution in [0.25, 0.3) is 0 Å². The smallest absolute Gasteiger partial charge is 0.248 e. The average molecular weight is 350 g/mol. The second-order valence-corrected chi connectivity index (χ2v) is 7.62. The molecule has 2 aromatic rings. The van der Waals surface area contributed by atoms with Crippen LogP contribution in [0, 0.1) is 0 Å². The standard InChI is InChI=1S/C17H20ClN3OS/c18-16-6-5-15(23-16)12-21-9-7-20(8-10-21)11-13-1-3-14(4-2-13)17(19)22/h1-6H,7-12H2,(H2,19,22). The van der Waals surface area contributed by atoms with Gasteiger partial charge in [0.1, 0.15) is 0 Å². The van der Waals surface area contributed by atoms with E-state index >= 15 is 0 Å². The van der Waals surface area contributed by atoms with E-state index < -0.39 is 0 Å². The minimum absolute atomic E-state index is 0.376. The molecule has 1 aliphatic heterocycles. The van der Waals surface area contributed by atoms with Gasteiger partial charge in [-0.3, -0.25) is 14.6 Å². The van der Waals surface area contributed by atoms with Gasteiger partial charge in [-0.2, -0.15) is 0 Å². The Balaban J connectivity index is 1.48. The molecule has 1 fully saturated rings. The maximum absolute atomic E-state index is 11.1. The van der Waals surface area contributed by atoms with Crippen molar-refractivity contribution in [3.05, 3.63) is 56.7 Å². The third-order valence-electron chi connectivity index (χ3n) is 4.12. The molecular formula is C17H20ClN3OS. The maximum Gasteiger partial charge on any atom is 0.248 e. The minimum atomic E-state index is -0.376. The molecule has 0 aliphatic carbocycles. The van der Waals surface area contributed by atoms with Gasteiger partial charge in [0.05, 0.1) is 4.34 Å². The molecule has 1 aliphatic rings. The first kappa shape index (κ1) is 16.5. The summed E-state index contributed by atoms with van der Waals surface area (Å²) in [7, 11) is 0. The second-order valence-electron chi connectivity index (χ2n) is 5.82. The summed E-state index contributed by atoms with van der Waals surface area (Å²) in [6.07, 6.45) is 0. The Kier molecular flexibility index (Phi) is 5.33. The van der Waals surface area contributed by atoms with Crippen molar-refractivity contribution in [1.82, 2.24) is 9.80 Å². The van der Waals surface area contributed by atoms with Crippen LogP contribution < -0.4 is 5.73 Å². The van der Waals surface area contributed by atoms with Crippen LogP contribution in [0.2, 0.25) is 4.34 Å². The van der Waals surface area contributed by atoms with Crippen molar-refractivity contribution in [3.63, 3.8) is 0 Å². The largest absolute Gasteiger partial charge is 0.366 e. The van der Waals surface area contributed by atoms with E-state index in [1.807, 2.05) is 18.2 Å². The van der Waals surface area contributed by atoms with Crippen LogP contribution in [-0.4, -0.2) is 41.9 Å². The van der Waals surface area contributed by atoms with Gasteiger partial charge >= 0.3 is 0 Å². The number of hydrogen-bond acceptors (Lipinski definition) is 4. The fraction of sp³-hybridized carbons (Fsp3) is 0.353. The molecular weight excluding hydrogens is 330 g/mol. The number of carbonyl (C=O) groups is 1. The molecule has 1 saturated heterocycles. The highest BCUT2D eigenvalue weighted by molar-refractivity contribution is 7.16. The van der Waals surface area contributed by atoms with Crippen LogP contribution >= 0.6 is 22.9 Å². The number of thiophene rings is 1. The van der Waals surface area contributed by atoms with Gasteiger partial charge in [0.2, 0.25) is 5.91 Å². The van der Waals surface area contributed by atoms with Gasteiger partial charge in [0, 0.05) is 49.7 Å². The van der Waals surface area contributed by atoms with Crippen molar-refractivity contribution in [2.75, 3.05) is 26.2 Å². The van der Waals surface area contributed by atoms with Crippen molar-refractivity contribution < 1.29 is 4.79 Å². The molecule has 0 radical (unpaired) electrons. The average Bonchev–Trinajstić information content (AvgIpc) is 2.95. The number of primary amides is 1. The summed E-state index contributed by atoms with van der Waals surface area (Å²) >= 11 is 7.65. The van der Waals surface area contributed by atoms with Crippen LogP contribution in [0.3, 0.4) is 0 Å². The predicted molar refractivity (Wildman–Crippen MR) is 94.8 cm³/mol. The number of hydrogen-bond donors (Lipinski definition) is 1. The Morgan fingerprint density at radius 1 is 1.00 bits per heavy atom. The van der Waals surface area contributed by atoms with Gasteiger partial charge in [0.15, 0.2) is 0 Å². The molecule has 6 heteroatoms. The van der Waals surface area contributed by atoms with Crippen molar-refractivity contribution >= 4 is 28.8 Å². The van der Waals surface area contributed by atoms with Gasteiger partial charge in [-0.05, 0) is 29.8 Å². The zero-order chi connectivity index (χ0) is 16.2. The number of rotatable bonds is 5. The summed E-state index contributed by atoms with van der Waals surface area (Å²) in [5.74, 6) is -0.376. The Bertz CT molecular complexity index is 663. The lowest BCUT2D eigenvalue weighted by molar-refractivity contribution is 0.1000. The Morgan fingerprint density at radius 3 is 2.13 bits per heavy atom. The maximum atomic E-state index is 11.1. The van der Waals surface area contributed by atoms with E-state index in [0.717, 1.165) is 43.6 Å². The first-order chi connectivity index (χ1) is 11.1. The summed E-state index contributed by atoms with van der Waals surface area (Å²) in [5.41, 5.74) is 7.05. The molecule has 1 aromatic carbocycles. The lowest BCUT2D eigenvalue weighted by Crippen LogP contribution is -2.45. The second kappa shape index (κ2) is 7.45. The van der Waals surface area contributed by atoms with Crippen LogP contribution in [0.1, 0.15) is 20.8 Å². The molecule has 1 aromatic heterocycles. The molecule has 122 valence electrons. The topological polar surface area (TPSA) is 49.6 Å². The van der Waals surface area contributed by atoms with Crippen molar-refractivity contribution in [2.45, 2.75) is 13.1 Å². The molecule has 2 heterocycles. The monoisotopic (exact) mass is 349 g/mol. The molecule has 2 N–H and O–H groups in total. The fourth-order valence-corrected chi connectivity index (χ4v) is 3.93. The van der Waals surface area contributed by atoms with Crippen molar-refractivity contribution in [2.24, 2.45) is 5.73 Å². The number of benzene rings is 1. The van der Waals surface area contributed by atoms with E-state index in [-0.39, 0.29) is 5.91 Å². The third kappa shape index (κ3) is 4.54. The van der Waals surface area contributed by atoms with E-state index in [2.05, 4.69) is 15.9 Å². The van der Waals surface area contributed by atoms with Gasteiger partial charge in [-0.25, -0.2) is 0 Å². The minimum Gasteiger partial charge on any atom is -0.366 e. The highest BCUT2D eigenvalue weighted by Gasteiger charge is 2.17. The molecule has 0 spiro atoms. The number of amides is 1. The fourth-order valence-electron chi connectivity index (χ4n) is 2.80. The number of halogens is 1. The van der Waals surface area contributed by atoms with Crippen LogP contribution in [-0.2, 0) is 13.1 Å². The molecule has 4 nitrogen and oxygen atoms in total. The third-order valence-corrected chi connectivity index (χ3v) is 5.33. The summed E-state index contributed by atoms with van der Waals surface area (Å²) in [6, 6.07) is 11.6. The van der Waals surface area contributed by atoms with Crippen LogP contribution in [0.4, 0.5) is 0 Å². The van der Waals surface area contributed by atoms with Crippen molar-refractivity contribution in [1.29, 1.82) is 0 Å². The SMILES string of the molecule is NC(=O)c1ccc(CN2CCN(Cc3ccc(Cl)s3)CC2)cc1. The Labute approximate surface area is 145 Å². The highest BCUT2D eigenvalue weighted by Crippen LogP contribution is 2.23. The van der Waals surface area contributed by atoms with E-state index in [4.69, 9.17) is 17.3 Å². The van der Waals surface area contributed by atoms with Gasteiger partial charge in [-0.1, -0.05) is 23.7 Å². The summed E-state index contributed by atoms with van der Waals surface area (Å²) in [4.78, 5) is 17.3. The van der Waals surface area contributed by atoms with E-state index in [1.165, 1.54) is 10.4 Å². The molecule has 23 heavy (non-hydrogen) atoms. The molecule has 3 rings (SSSR count). The van der Waals surface area contributed by atoms with Crippen LogP contribution in [0.5, 0.6) is 0 Å². The summed E-state index contributed by atoms with van der Waals surface area (Å²) in [6.45, 7) is 6.13. The molecule has 0 atom stereocenters. The van der Waals surface area contributed by atoms with Gasteiger partial charge < -0.3 is 5.73 Å². The first-order valence-corrected chi connectivity index (χ1v) is 8.87. The number of nitrogens with zero attached hydrogens (tertiary/aromatic N) is 2. The van der Waals surface area contributed by atoms with E-state index in [9.17, 15) is 4.79 Å². The van der Waals surface area contributed by atoms with E-state index in [1.54, 1.807) is 23.5 Å². The Hall–Kier alpha value is -1.40. The normalized spacial score (nSPS) is 16.6. The van der Waals surface area contributed by atoms with Gasteiger partial charge in [-0.15, -0.1) is 11.3 Å². The molecule has 0 bridgehead atoms. The summed E-state index contributed by atoms with van der Waals surface area (Å²) in [5, 5.41) is 0. The van der Waals surface area contributed by atoms with Crippen molar-refractivity contribution in [3.8, 4) is 0 Å². The lowest BCUT2D eigenvalue weighted by Gasteiger charge is -2.34. The molecule has 1 amide bonds. The predicted octanol–water partition coefficient (Wildman–Crippen LogP) is 2.82. The quantitative estimate of drug-likeness (QED) is 0.903.